The number of methoxy groups -OCH3 is 1. The molecule has 0 radical (unpaired) electrons. The number of halogens is 7. The van der Waals surface area contributed by atoms with E-state index in [1.165, 1.54) is 30.3 Å². The van der Waals surface area contributed by atoms with Gasteiger partial charge in [-0.15, -0.1) is 10.2 Å². The molecule has 1 atom stereocenters. The predicted molar refractivity (Wildman–Crippen MR) is 126 cm³/mol. The minimum atomic E-state index is -5.06. The summed E-state index contributed by atoms with van der Waals surface area (Å²) in [5.74, 6) is -2.47. The molecule has 0 spiro atoms. The van der Waals surface area contributed by atoms with E-state index in [0.717, 1.165) is 25.3 Å². The molecule has 10 nitrogen and oxygen atoms in total. The second kappa shape index (κ2) is 10.8. The molecule has 1 N–H and O–H groups in total. The Bertz CT molecular complexity index is 1590. The molecule has 40 heavy (non-hydrogen) atoms. The van der Waals surface area contributed by atoms with E-state index < -0.39 is 60.3 Å². The number of aromatic nitrogens is 6. The normalized spacial score (nSPS) is 12.9. The Hall–Kier alpha value is -4.18. The first kappa shape index (κ1) is 28.8. The van der Waals surface area contributed by atoms with Gasteiger partial charge < -0.3 is 9.84 Å². The average Bonchev–Trinajstić information content (AvgIpc) is 3.44. The fraction of sp³-hybridized carbons (Fsp3) is 0.261. The van der Waals surface area contributed by atoms with Gasteiger partial charge in [-0.25, -0.2) is 23.9 Å². The number of aliphatic hydroxyl groups is 1. The first-order valence-corrected chi connectivity index (χ1v) is 11.5. The highest BCUT2D eigenvalue weighted by molar-refractivity contribution is 6.30. The van der Waals surface area contributed by atoms with Crippen molar-refractivity contribution in [2.24, 2.45) is 0 Å². The van der Waals surface area contributed by atoms with E-state index in [1.54, 1.807) is 0 Å². The lowest BCUT2D eigenvalue weighted by Crippen LogP contribution is -2.37. The smallest absolute Gasteiger partial charge is 0.418 e. The third-order valence-electron chi connectivity index (χ3n) is 5.51. The number of alkyl halides is 6. The molecule has 2 aromatic carbocycles. The van der Waals surface area contributed by atoms with Crippen LogP contribution in [-0.4, -0.2) is 59.6 Å². The van der Waals surface area contributed by atoms with Crippen LogP contribution < -0.4 is 5.69 Å². The van der Waals surface area contributed by atoms with Crippen molar-refractivity contribution in [2.75, 3.05) is 7.11 Å². The molecule has 0 saturated carbocycles. The van der Waals surface area contributed by atoms with Gasteiger partial charge in [0.1, 0.15) is 6.54 Å². The van der Waals surface area contributed by atoms with Gasteiger partial charge in [0, 0.05) is 10.6 Å². The average molecular weight is 591 g/mol. The van der Waals surface area contributed by atoms with Crippen molar-refractivity contribution in [3.8, 4) is 17.1 Å². The predicted octanol–water partition coefficient (Wildman–Crippen LogP) is 3.72. The Balaban J connectivity index is 1.82. The zero-order valence-electron chi connectivity index (χ0n) is 20.1. The summed E-state index contributed by atoms with van der Waals surface area (Å²) in [6.45, 7) is -1.88. The molecule has 212 valence electrons. The zero-order chi connectivity index (χ0) is 29.4. The van der Waals surface area contributed by atoms with Crippen molar-refractivity contribution >= 4 is 17.6 Å². The van der Waals surface area contributed by atoms with E-state index in [4.69, 9.17) is 11.6 Å². The molecule has 0 amide bonds. The van der Waals surface area contributed by atoms with Crippen LogP contribution in [0.25, 0.3) is 17.1 Å². The number of para-hydroxylation sites is 1. The number of hydrogen-bond donors (Lipinski definition) is 1. The highest BCUT2D eigenvalue weighted by atomic mass is 35.5. The molecule has 0 fully saturated rings. The van der Waals surface area contributed by atoms with E-state index in [0.29, 0.717) is 13.9 Å². The lowest BCUT2D eigenvalue weighted by atomic mass is 10.1. The molecular weight excluding hydrogens is 574 g/mol. The van der Waals surface area contributed by atoms with Gasteiger partial charge in [0.25, 0.3) is 0 Å². The molecule has 4 aromatic rings. The zero-order valence-corrected chi connectivity index (χ0v) is 20.9. The van der Waals surface area contributed by atoms with Crippen LogP contribution in [0.1, 0.15) is 22.0 Å². The van der Waals surface area contributed by atoms with Crippen LogP contribution in [0.15, 0.2) is 53.3 Å². The maximum absolute atomic E-state index is 13.6. The van der Waals surface area contributed by atoms with Crippen molar-refractivity contribution in [2.45, 2.75) is 31.5 Å². The number of aliphatic hydroxyl groups excluding tert-OH is 1. The van der Waals surface area contributed by atoms with E-state index in [9.17, 15) is 41.0 Å². The van der Waals surface area contributed by atoms with Crippen molar-refractivity contribution in [1.29, 1.82) is 0 Å². The summed E-state index contributed by atoms with van der Waals surface area (Å²) in [6, 6.07) is 9.73. The van der Waals surface area contributed by atoms with Gasteiger partial charge in [-0.2, -0.15) is 26.3 Å². The van der Waals surface area contributed by atoms with Crippen LogP contribution in [0.2, 0.25) is 5.02 Å². The van der Waals surface area contributed by atoms with Crippen molar-refractivity contribution in [1.82, 2.24) is 29.1 Å². The van der Waals surface area contributed by atoms with Crippen molar-refractivity contribution in [3.63, 3.8) is 0 Å². The van der Waals surface area contributed by atoms with Gasteiger partial charge in [0.2, 0.25) is 5.82 Å². The molecule has 2 heterocycles. The summed E-state index contributed by atoms with van der Waals surface area (Å²) in [5, 5.41) is 17.9. The number of esters is 1. The van der Waals surface area contributed by atoms with Gasteiger partial charge in [-0.3, -0.25) is 4.57 Å². The Morgan fingerprint density at radius 2 is 1.70 bits per heavy atom. The second-order valence-corrected chi connectivity index (χ2v) is 8.65. The third-order valence-corrected chi connectivity index (χ3v) is 5.76. The number of benzene rings is 2. The Morgan fingerprint density at radius 1 is 1.05 bits per heavy atom. The van der Waals surface area contributed by atoms with Gasteiger partial charge in [0.15, 0.2) is 17.8 Å². The number of carbonyl (C=O) groups is 1. The fourth-order valence-electron chi connectivity index (χ4n) is 3.64. The number of ether oxygens (including phenoxy) is 1. The monoisotopic (exact) mass is 590 g/mol. The summed E-state index contributed by atoms with van der Waals surface area (Å²) in [5.41, 5.74) is -2.67. The van der Waals surface area contributed by atoms with Crippen LogP contribution >= 0.6 is 11.6 Å². The topological polar surface area (TPSA) is 117 Å². The summed E-state index contributed by atoms with van der Waals surface area (Å²) >= 11 is 5.86. The lowest BCUT2D eigenvalue weighted by Gasteiger charge is -2.15. The highest BCUT2D eigenvalue weighted by Crippen LogP contribution is 2.34. The first-order chi connectivity index (χ1) is 18.7. The van der Waals surface area contributed by atoms with Gasteiger partial charge >= 0.3 is 24.0 Å². The Labute approximate surface area is 225 Å². The maximum Gasteiger partial charge on any atom is 0.418 e. The Kier molecular flexibility index (Phi) is 7.76. The van der Waals surface area contributed by atoms with Gasteiger partial charge in [-0.1, -0.05) is 23.7 Å². The minimum Gasteiger partial charge on any atom is -0.463 e. The molecule has 4 rings (SSSR count). The first-order valence-electron chi connectivity index (χ1n) is 11.1. The quantitative estimate of drug-likeness (QED) is 0.258. The molecule has 0 bridgehead atoms. The lowest BCUT2D eigenvalue weighted by molar-refractivity contribution is -0.207. The summed E-state index contributed by atoms with van der Waals surface area (Å²) < 4.78 is 86.5. The molecule has 2 aromatic heterocycles. The second-order valence-electron chi connectivity index (χ2n) is 8.21. The minimum absolute atomic E-state index is 0.169. The molecule has 0 aliphatic carbocycles. The summed E-state index contributed by atoms with van der Waals surface area (Å²) in [7, 11) is 0.965. The molecule has 17 heteroatoms. The van der Waals surface area contributed by atoms with Crippen molar-refractivity contribution < 1.29 is 41.0 Å². The van der Waals surface area contributed by atoms with E-state index in [1.807, 2.05) is 0 Å². The maximum atomic E-state index is 13.6. The fourth-order valence-corrected chi connectivity index (χ4v) is 3.77. The SMILES string of the molecule is COC(=O)c1nc(Cn2nc(-c3ccc(Cl)cc3)n(CC(O)C(F)(F)F)c2=O)nn1-c1ccccc1C(F)(F)F. The van der Waals surface area contributed by atoms with Gasteiger partial charge in [0.05, 0.1) is 24.9 Å². The summed E-state index contributed by atoms with van der Waals surface area (Å²) in [4.78, 5) is 29.3. The molecule has 0 aliphatic heterocycles. The number of rotatable bonds is 7. The van der Waals surface area contributed by atoms with Crippen LogP contribution in [0, 0.1) is 0 Å². The van der Waals surface area contributed by atoms with Crippen LogP contribution in [0.3, 0.4) is 0 Å². The number of hydrogen-bond acceptors (Lipinski definition) is 7. The van der Waals surface area contributed by atoms with Crippen LogP contribution in [0.5, 0.6) is 0 Å². The van der Waals surface area contributed by atoms with Crippen LogP contribution in [0.4, 0.5) is 26.3 Å². The molecular formula is C23H17ClF6N6O4. The molecule has 0 aliphatic rings. The summed E-state index contributed by atoms with van der Waals surface area (Å²) in [6.07, 6.45) is -12.8. The number of carbonyl (C=O) groups excluding carboxylic acids is 1. The third kappa shape index (κ3) is 5.86. The van der Waals surface area contributed by atoms with E-state index in [-0.39, 0.29) is 22.2 Å². The standard InChI is InChI=1S/C23H17ClF6N6O4/c1-40-20(38)19-31-17(32-36(19)15-5-3-2-4-14(15)22(25,26)27)11-35-21(39)34(10-16(37)23(28,29)30)18(33-35)12-6-8-13(24)9-7-12/h2-9,16,37H,10-11H2,1H3. The van der Waals surface area contributed by atoms with E-state index in [2.05, 4.69) is 19.9 Å². The van der Waals surface area contributed by atoms with Crippen molar-refractivity contribution in [3.05, 3.63) is 81.3 Å². The van der Waals surface area contributed by atoms with Gasteiger partial charge in [-0.05, 0) is 36.4 Å². The Morgan fingerprint density at radius 3 is 2.30 bits per heavy atom. The number of nitrogens with zero attached hydrogens (tertiary/aromatic N) is 6. The largest absolute Gasteiger partial charge is 0.463 e. The van der Waals surface area contributed by atoms with Crippen LogP contribution in [-0.2, 0) is 24.0 Å². The highest BCUT2D eigenvalue weighted by Gasteiger charge is 2.39. The molecule has 1 unspecified atom stereocenters. The van der Waals surface area contributed by atoms with E-state index >= 15 is 0 Å². The molecule has 0 saturated heterocycles.